The number of nitrogens with zero attached hydrogens (tertiary/aromatic N) is 5. The van der Waals surface area contributed by atoms with E-state index >= 15 is 0 Å². The number of aryl methyl sites for hydroxylation is 3. The number of aromatic nitrogens is 3. The summed E-state index contributed by atoms with van der Waals surface area (Å²) in [4.78, 5) is 18.4. The van der Waals surface area contributed by atoms with Crippen molar-refractivity contribution in [1.82, 2.24) is 15.0 Å². The molecule has 5 atom stereocenters. The molecule has 3 aromatic heterocycles. The van der Waals surface area contributed by atoms with E-state index in [1.165, 1.54) is 83.6 Å². The highest BCUT2D eigenvalue weighted by Crippen LogP contribution is 2.47. The van der Waals surface area contributed by atoms with Gasteiger partial charge >= 0.3 is 0 Å². The quantitative estimate of drug-likeness (QED) is 0.136. The van der Waals surface area contributed by atoms with Gasteiger partial charge in [0.25, 0.3) is 0 Å². The van der Waals surface area contributed by atoms with Crippen molar-refractivity contribution in [1.29, 1.82) is 0 Å². The van der Waals surface area contributed by atoms with Gasteiger partial charge in [0.15, 0.2) is 6.23 Å². The second-order valence-electron chi connectivity index (χ2n) is 21.1. The van der Waals surface area contributed by atoms with Crippen LogP contribution in [0.15, 0.2) is 219 Å². The third-order valence-electron chi connectivity index (χ3n) is 15.8. The van der Waals surface area contributed by atoms with Crippen LogP contribution < -0.4 is 14.5 Å². The molecule has 6 heteroatoms. The van der Waals surface area contributed by atoms with Crippen molar-refractivity contribution in [3.05, 3.63) is 269 Å². The molecule has 1 aliphatic carbocycles. The van der Waals surface area contributed by atoms with Crippen LogP contribution in [-0.4, -0.2) is 27.2 Å². The van der Waals surface area contributed by atoms with Crippen LogP contribution in [0.1, 0.15) is 130 Å². The van der Waals surface area contributed by atoms with Gasteiger partial charge in [-0.1, -0.05) is 177 Å². The molecule has 406 valence electrons. The van der Waals surface area contributed by atoms with Crippen molar-refractivity contribution in [3.8, 4) is 39.1 Å². The summed E-state index contributed by atoms with van der Waals surface area (Å²) < 4.78 is 6.94. The summed E-state index contributed by atoms with van der Waals surface area (Å²) in [7, 11) is 0. The number of anilines is 3. The molecular weight excluding hydrogens is 975 g/mol. The molecule has 0 bridgehead atoms. The molecule has 0 fully saturated rings. The Labute approximate surface area is 477 Å². The number of allylic oxidation sites excluding steroid dienone is 2. The fourth-order valence-electron chi connectivity index (χ4n) is 11.8. The third kappa shape index (κ3) is 12.1. The van der Waals surface area contributed by atoms with Crippen LogP contribution in [0.25, 0.3) is 33.4 Å². The molecule has 80 heavy (non-hydrogen) atoms. The van der Waals surface area contributed by atoms with Gasteiger partial charge in [0, 0.05) is 59.8 Å². The molecule has 5 unspecified atom stereocenters. The fourth-order valence-corrected chi connectivity index (χ4v) is 11.8. The van der Waals surface area contributed by atoms with Crippen molar-refractivity contribution in [2.24, 2.45) is 5.92 Å². The van der Waals surface area contributed by atoms with Crippen LogP contribution >= 0.6 is 0 Å². The van der Waals surface area contributed by atoms with Crippen molar-refractivity contribution in [3.63, 3.8) is 0 Å². The molecule has 2 aliphatic heterocycles. The number of pyridine rings is 3. The van der Waals surface area contributed by atoms with Gasteiger partial charge in [-0.15, -0.1) is 0 Å². The van der Waals surface area contributed by atoms with E-state index in [2.05, 4.69) is 226 Å². The summed E-state index contributed by atoms with van der Waals surface area (Å²) in [6, 6.07) is 64.4. The summed E-state index contributed by atoms with van der Waals surface area (Å²) >= 11 is 0. The Morgan fingerprint density at radius 1 is 0.537 bits per heavy atom. The number of fused-ring (bicyclic) bond motifs is 3. The monoisotopic (exact) mass is 1050 g/mol. The highest BCUT2D eigenvalue weighted by atomic mass is 16.5. The van der Waals surface area contributed by atoms with Crippen molar-refractivity contribution in [2.45, 2.75) is 119 Å². The van der Waals surface area contributed by atoms with Crippen molar-refractivity contribution >= 4 is 17.3 Å². The molecule has 0 saturated carbocycles. The van der Waals surface area contributed by atoms with E-state index in [0.717, 1.165) is 36.0 Å². The van der Waals surface area contributed by atoms with Crippen LogP contribution in [0.3, 0.4) is 0 Å². The van der Waals surface area contributed by atoms with E-state index in [4.69, 9.17) is 14.7 Å². The molecule has 0 N–H and O–H groups in total. The first kappa shape index (κ1) is 56.4. The van der Waals surface area contributed by atoms with Crippen LogP contribution in [0.4, 0.5) is 17.3 Å². The van der Waals surface area contributed by atoms with Crippen LogP contribution in [0.2, 0.25) is 0 Å². The van der Waals surface area contributed by atoms with Gasteiger partial charge in [-0.2, -0.15) is 0 Å². The molecule has 6 aromatic carbocycles. The van der Waals surface area contributed by atoms with Gasteiger partial charge in [0.2, 0.25) is 0 Å². The minimum Gasteiger partial charge on any atom is -0.470 e. The SMILES string of the molecule is CC.CC.Cc1ccccc1C(c1cc(-c2cc(-c3ccc4c(c3)C(C)c3ccccc3CN4c3ccccn3)cc(-c3ccc4c(c3)C(C)C(N(c3ccccn3)C3C=CC=CC3)O4)c2)ccc1C)C(C)C.Cc1ccccn1. The van der Waals surface area contributed by atoms with E-state index in [1.54, 1.807) is 6.20 Å². The Morgan fingerprint density at radius 3 is 1.77 bits per heavy atom. The lowest BCUT2D eigenvalue weighted by Gasteiger charge is -2.37. The second-order valence-corrected chi connectivity index (χ2v) is 21.1. The summed E-state index contributed by atoms with van der Waals surface area (Å²) in [5.74, 6) is 3.76. The molecule has 6 nitrogen and oxygen atoms in total. The fraction of sp³-hybridized carbons (Fsp3) is 0.257. The molecule has 0 saturated heterocycles. The maximum Gasteiger partial charge on any atom is 0.180 e. The summed E-state index contributed by atoms with van der Waals surface area (Å²) in [5.41, 5.74) is 20.0. The Bertz CT molecular complexity index is 3550. The minimum atomic E-state index is -0.210. The van der Waals surface area contributed by atoms with Gasteiger partial charge in [-0.3, -0.25) is 4.98 Å². The normalized spacial score (nSPS) is 16.9. The third-order valence-corrected chi connectivity index (χ3v) is 15.8. The van der Waals surface area contributed by atoms with Gasteiger partial charge in [0.05, 0.1) is 6.04 Å². The zero-order valence-electron chi connectivity index (χ0n) is 48.8. The van der Waals surface area contributed by atoms with E-state index in [9.17, 15) is 0 Å². The maximum atomic E-state index is 6.94. The van der Waals surface area contributed by atoms with E-state index in [1.807, 2.05) is 77.3 Å². The molecule has 12 rings (SSSR count). The summed E-state index contributed by atoms with van der Waals surface area (Å²) in [5, 5.41) is 0. The second kappa shape index (κ2) is 26.1. The predicted molar refractivity (Wildman–Crippen MR) is 337 cm³/mol. The Balaban J connectivity index is 0.000000643. The lowest BCUT2D eigenvalue weighted by atomic mass is 9.78. The molecule has 9 aromatic rings. The zero-order valence-corrected chi connectivity index (χ0v) is 48.8. The molecule has 3 aliphatic rings. The van der Waals surface area contributed by atoms with E-state index in [-0.39, 0.29) is 30.0 Å². The number of hydrogen-bond acceptors (Lipinski definition) is 6. The van der Waals surface area contributed by atoms with Crippen LogP contribution in [-0.2, 0) is 6.54 Å². The molecular formula is C74H79N5O. The van der Waals surface area contributed by atoms with Crippen LogP contribution in [0.5, 0.6) is 5.75 Å². The zero-order chi connectivity index (χ0) is 56.3. The van der Waals surface area contributed by atoms with Gasteiger partial charge < -0.3 is 14.5 Å². The highest BCUT2D eigenvalue weighted by Gasteiger charge is 2.39. The number of rotatable bonds is 10. The van der Waals surface area contributed by atoms with Gasteiger partial charge in [-0.05, 0) is 184 Å². The molecule has 0 amide bonds. The van der Waals surface area contributed by atoms with Crippen molar-refractivity contribution in [2.75, 3.05) is 9.80 Å². The molecule has 0 radical (unpaired) electrons. The lowest BCUT2D eigenvalue weighted by molar-refractivity contribution is 0.195. The highest BCUT2D eigenvalue weighted by molar-refractivity contribution is 5.84. The standard InChI is InChI=1S/C64H60N4O.C6H7N.2C2H6/c1-41(2)63(54-22-12-10-18-42(54)3)56-37-46(27-26-43(56)4)50-34-51(47-28-30-59-57(38-47)44(5)55-23-13-11-19-49(55)40-67(59)61-24-14-16-32-65-61)36-52(35-50)48-29-31-60-58(39-48)45(6)64(69-60)68(53-20-8-7-9-21-53)62-25-15-17-33-66-62;1-6-4-2-3-5-7-6;2*1-2/h7-20,22-39,41,44-45,53,63-64H,21,40H2,1-6H3;2-5H,1H3;2*1-2H3. The number of hydrogen-bond donors (Lipinski definition) is 0. The average Bonchev–Trinajstić information content (AvgIpc) is 3.77. The molecule has 0 spiro atoms. The van der Waals surface area contributed by atoms with Gasteiger partial charge in [0.1, 0.15) is 17.4 Å². The van der Waals surface area contributed by atoms with Gasteiger partial charge in [-0.25, -0.2) is 9.97 Å². The minimum absolute atomic E-state index is 0.0916. The summed E-state index contributed by atoms with van der Waals surface area (Å²) in [6.45, 7) is 24.6. The first-order chi connectivity index (χ1) is 39.1. The lowest BCUT2D eigenvalue weighted by Crippen LogP contribution is -2.47. The van der Waals surface area contributed by atoms with Crippen molar-refractivity contribution < 1.29 is 4.74 Å². The Morgan fingerprint density at radius 2 is 1.15 bits per heavy atom. The number of ether oxygens (including phenoxy) is 1. The van der Waals surface area contributed by atoms with E-state index in [0.29, 0.717) is 5.92 Å². The first-order valence-corrected chi connectivity index (χ1v) is 29.0. The Kier molecular flexibility index (Phi) is 18.4. The Hall–Kier alpha value is -8.35. The van der Waals surface area contributed by atoms with Crippen LogP contribution in [0, 0.1) is 26.7 Å². The predicted octanol–water partition coefficient (Wildman–Crippen LogP) is 19.3. The summed E-state index contributed by atoms with van der Waals surface area (Å²) in [6.07, 6.45) is 15.0. The van der Waals surface area contributed by atoms with E-state index < -0.39 is 0 Å². The first-order valence-electron chi connectivity index (χ1n) is 29.0. The smallest absolute Gasteiger partial charge is 0.180 e. The maximum absolute atomic E-state index is 6.94. The topological polar surface area (TPSA) is 54.4 Å². The largest absolute Gasteiger partial charge is 0.470 e. The molecule has 5 heterocycles. The number of benzene rings is 6. The average molecular weight is 1050 g/mol.